The summed E-state index contributed by atoms with van der Waals surface area (Å²) in [6.07, 6.45) is 1.82. The van der Waals surface area contributed by atoms with Crippen LogP contribution < -0.4 is 20.9 Å². The maximum Gasteiger partial charge on any atom is 0.440 e. The fraction of sp³-hybridized carbons (Fsp3) is 0. The van der Waals surface area contributed by atoms with Crippen molar-refractivity contribution in [1.29, 1.82) is 0 Å². The van der Waals surface area contributed by atoms with Crippen molar-refractivity contribution in [2.45, 2.75) is 0 Å². The SMILES string of the molecule is NC(=O)c1ccn(C(=O)Oc2ccc([N+](=O)[O-])cc2)n1.NC(=O)c1ccn[nH]1.O=C(Cl)Oc1ccc([N+](=O)[O-])cc1. The van der Waals surface area contributed by atoms with E-state index in [1.54, 1.807) is 0 Å². The number of nitrogens with zero attached hydrogens (tertiary/aromatic N) is 5. The van der Waals surface area contributed by atoms with Crippen LogP contribution in [0.1, 0.15) is 21.0 Å². The molecule has 0 unspecified atom stereocenters. The number of primary amides is 2. The number of aromatic amines is 1. The molecular weight excluding hydrogens is 572 g/mol. The number of rotatable bonds is 6. The number of nitro benzene ring substituents is 2. The number of non-ortho nitro benzene ring substituents is 2. The second kappa shape index (κ2) is 14.7. The third-order valence-electron chi connectivity index (χ3n) is 4.29. The Bertz CT molecular complexity index is 1540. The zero-order chi connectivity index (χ0) is 30.5. The van der Waals surface area contributed by atoms with Gasteiger partial charge < -0.3 is 20.9 Å². The van der Waals surface area contributed by atoms with Crippen molar-refractivity contribution in [2.75, 3.05) is 0 Å². The van der Waals surface area contributed by atoms with Crippen molar-refractivity contribution in [2.24, 2.45) is 11.5 Å². The van der Waals surface area contributed by atoms with Crippen LogP contribution >= 0.6 is 11.6 Å². The number of carbonyl (C=O) groups is 4. The largest absolute Gasteiger partial charge is 0.440 e. The summed E-state index contributed by atoms with van der Waals surface area (Å²) in [6, 6.07) is 12.7. The predicted molar refractivity (Wildman–Crippen MR) is 137 cm³/mol. The smallest absolute Gasteiger partial charge is 0.414 e. The maximum absolute atomic E-state index is 11.7. The monoisotopic (exact) mass is 588 g/mol. The van der Waals surface area contributed by atoms with Gasteiger partial charge in [-0.2, -0.15) is 14.9 Å². The lowest BCUT2D eigenvalue weighted by atomic mass is 10.3. The number of carbonyl (C=O) groups excluding carboxylic acids is 4. The molecule has 2 aromatic heterocycles. The number of hydrogen-bond donors (Lipinski definition) is 3. The van der Waals surface area contributed by atoms with Crippen LogP contribution in [0.5, 0.6) is 11.5 Å². The highest BCUT2D eigenvalue weighted by atomic mass is 35.5. The number of nitrogens with one attached hydrogen (secondary N) is 1. The van der Waals surface area contributed by atoms with Crippen LogP contribution in [0.3, 0.4) is 0 Å². The van der Waals surface area contributed by atoms with Gasteiger partial charge in [0.2, 0.25) is 0 Å². The van der Waals surface area contributed by atoms with E-state index in [2.05, 4.69) is 20.0 Å². The van der Waals surface area contributed by atoms with Gasteiger partial charge in [-0.25, -0.2) is 9.59 Å². The molecule has 0 aliphatic rings. The number of amides is 2. The van der Waals surface area contributed by atoms with Gasteiger partial charge in [-0.15, -0.1) is 0 Å². The number of hydrogen-bond acceptors (Lipinski definition) is 12. The van der Waals surface area contributed by atoms with E-state index >= 15 is 0 Å². The summed E-state index contributed by atoms with van der Waals surface area (Å²) in [4.78, 5) is 62.5. The first-order valence-corrected chi connectivity index (χ1v) is 11.0. The van der Waals surface area contributed by atoms with E-state index in [-0.39, 0.29) is 28.6 Å². The van der Waals surface area contributed by atoms with Crippen molar-refractivity contribution >= 4 is 46.3 Å². The molecule has 0 fully saturated rings. The first-order chi connectivity index (χ1) is 19.4. The molecule has 19 heteroatoms. The molecule has 2 amide bonds. The Morgan fingerprint density at radius 3 is 1.66 bits per heavy atom. The Morgan fingerprint density at radius 2 is 1.32 bits per heavy atom. The predicted octanol–water partition coefficient (Wildman–Crippen LogP) is 2.78. The zero-order valence-corrected chi connectivity index (χ0v) is 21.0. The highest BCUT2D eigenvalue weighted by Crippen LogP contribution is 2.18. The van der Waals surface area contributed by atoms with Crippen molar-refractivity contribution in [3.8, 4) is 11.5 Å². The summed E-state index contributed by atoms with van der Waals surface area (Å²) < 4.78 is 10.2. The molecule has 0 saturated carbocycles. The van der Waals surface area contributed by atoms with Crippen LogP contribution in [0.2, 0.25) is 0 Å². The molecular formula is C22H17ClN8O10. The fourth-order valence-corrected chi connectivity index (χ4v) is 2.55. The van der Waals surface area contributed by atoms with E-state index in [0.717, 1.165) is 4.68 Å². The van der Waals surface area contributed by atoms with Crippen LogP contribution in [0.15, 0.2) is 73.1 Å². The molecule has 2 aromatic carbocycles. The van der Waals surface area contributed by atoms with Crippen LogP contribution in [-0.4, -0.2) is 53.2 Å². The highest BCUT2D eigenvalue weighted by molar-refractivity contribution is 6.61. The van der Waals surface area contributed by atoms with Gasteiger partial charge in [-0.3, -0.25) is 34.9 Å². The van der Waals surface area contributed by atoms with Crippen LogP contribution in [0.4, 0.5) is 21.0 Å². The summed E-state index contributed by atoms with van der Waals surface area (Å²) in [6.45, 7) is 0. The Labute approximate surface area is 232 Å². The molecule has 2 heterocycles. The van der Waals surface area contributed by atoms with Crippen LogP contribution in [-0.2, 0) is 0 Å². The number of benzene rings is 2. The van der Waals surface area contributed by atoms with E-state index < -0.39 is 33.2 Å². The highest BCUT2D eigenvalue weighted by Gasteiger charge is 2.13. The lowest BCUT2D eigenvalue weighted by Gasteiger charge is -2.03. The summed E-state index contributed by atoms with van der Waals surface area (Å²) >= 11 is 4.92. The Morgan fingerprint density at radius 1 is 0.805 bits per heavy atom. The molecule has 0 spiro atoms. The van der Waals surface area contributed by atoms with Gasteiger partial charge >= 0.3 is 11.5 Å². The van der Waals surface area contributed by atoms with Crippen molar-refractivity contribution < 1.29 is 38.5 Å². The minimum absolute atomic E-state index is 0.0747. The normalized spacial score (nSPS) is 9.59. The average Bonchev–Trinajstić information content (AvgIpc) is 3.63. The zero-order valence-electron chi connectivity index (χ0n) is 20.3. The number of H-pyrrole nitrogens is 1. The number of ether oxygens (including phenoxy) is 2. The third kappa shape index (κ3) is 10.2. The van der Waals surface area contributed by atoms with Crippen molar-refractivity contribution in [3.63, 3.8) is 0 Å². The number of halogens is 1. The van der Waals surface area contributed by atoms with E-state index in [4.69, 9.17) is 27.8 Å². The van der Waals surface area contributed by atoms with Gasteiger partial charge in [0.1, 0.15) is 17.2 Å². The molecule has 4 aromatic rings. The van der Waals surface area contributed by atoms with Crippen molar-refractivity contribution in [3.05, 3.63) is 105 Å². The second-order valence-electron chi connectivity index (χ2n) is 7.05. The molecule has 5 N–H and O–H groups in total. The van der Waals surface area contributed by atoms with E-state index in [1.807, 2.05) is 0 Å². The molecule has 0 aliphatic heterocycles. The Kier molecular flexibility index (Phi) is 11.1. The maximum atomic E-state index is 11.7. The molecule has 0 radical (unpaired) electrons. The molecule has 0 aliphatic carbocycles. The standard InChI is InChI=1S/C11H8N4O5.C7H4ClNO4.C4H5N3O/c12-10(16)9-5-6-14(13-9)11(17)20-8-3-1-7(2-4-8)15(18)19;8-7(10)13-6-3-1-5(2-4-6)9(11)12;5-4(8)3-1-2-6-7-3/h1-6H,(H2,12,16);1-4H;1-2H,(H2,5,8)(H,6,7). The van der Waals surface area contributed by atoms with Gasteiger partial charge in [0.15, 0.2) is 5.69 Å². The first kappa shape index (κ1) is 31.1. The first-order valence-electron chi connectivity index (χ1n) is 10.6. The molecule has 0 bridgehead atoms. The number of nitrogens with two attached hydrogens (primary N) is 2. The molecule has 41 heavy (non-hydrogen) atoms. The molecule has 18 nitrogen and oxygen atoms in total. The van der Waals surface area contributed by atoms with Gasteiger partial charge in [0, 0.05) is 48.3 Å². The van der Waals surface area contributed by atoms with Gasteiger partial charge in [-0.1, -0.05) is 0 Å². The minimum Gasteiger partial charge on any atom is -0.414 e. The third-order valence-corrected chi connectivity index (χ3v) is 4.37. The minimum atomic E-state index is -0.978. The summed E-state index contributed by atoms with van der Waals surface area (Å²) in [5, 5.41) is 30.2. The van der Waals surface area contributed by atoms with Gasteiger partial charge in [-0.05, 0) is 36.4 Å². The average molecular weight is 589 g/mol. The van der Waals surface area contributed by atoms with E-state index in [9.17, 15) is 39.4 Å². The lowest BCUT2D eigenvalue weighted by Crippen LogP contribution is -2.19. The molecule has 212 valence electrons. The molecule has 0 atom stereocenters. The van der Waals surface area contributed by atoms with Crippen molar-refractivity contribution in [1.82, 2.24) is 20.0 Å². The Hall–Kier alpha value is -6.17. The van der Waals surface area contributed by atoms with Crippen LogP contribution in [0, 0.1) is 20.2 Å². The van der Waals surface area contributed by atoms with E-state index in [1.165, 1.54) is 73.1 Å². The number of aromatic nitrogens is 4. The molecule has 4 rings (SSSR count). The number of nitro groups is 2. The topological polar surface area (TPSA) is 272 Å². The van der Waals surface area contributed by atoms with Crippen LogP contribution in [0.25, 0.3) is 0 Å². The summed E-state index contributed by atoms with van der Waals surface area (Å²) in [5.41, 5.74) is 8.92. The lowest BCUT2D eigenvalue weighted by molar-refractivity contribution is -0.385. The van der Waals surface area contributed by atoms with Gasteiger partial charge in [0.25, 0.3) is 23.2 Å². The quantitative estimate of drug-likeness (QED) is 0.166. The van der Waals surface area contributed by atoms with E-state index in [0.29, 0.717) is 5.69 Å². The summed E-state index contributed by atoms with van der Waals surface area (Å²) in [7, 11) is 0. The fourth-order valence-electron chi connectivity index (χ4n) is 2.46. The molecule has 0 saturated heterocycles. The Balaban J connectivity index is 0.000000239. The summed E-state index contributed by atoms with van der Waals surface area (Å²) in [5.74, 6) is -0.975. The second-order valence-corrected chi connectivity index (χ2v) is 7.36. The van der Waals surface area contributed by atoms with Gasteiger partial charge in [0.05, 0.1) is 9.85 Å².